The Morgan fingerprint density at radius 1 is 0.929 bits per heavy atom. The zero-order chi connectivity index (χ0) is 19.3. The number of para-hydroxylation sites is 1. The van der Waals surface area contributed by atoms with Crippen molar-refractivity contribution in [2.24, 2.45) is 0 Å². The first-order chi connectivity index (χ1) is 13.7. The Hall–Kier alpha value is -3.58. The maximum absolute atomic E-state index is 12.4. The highest BCUT2D eigenvalue weighted by Gasteiger charge is 2.12. The van der Waals surface area contributed by atoms with Crippen LogP contribution in [-0.4, -0.2) is 21.8 Å². The van der Waals surface area contributed by atoms with E-state index in [9.17, 15) is 9.59 Å². The van der Waals surface area contributed by atoms with Crippen molar-refractivity contribution in [2.45, 2.75) is 6.42 Å². The van der Waals surface area contributed by atoms with Crippen LogP contribution in [0.15, 0.2) is 72.2 Å². The predicted molar refractivity (Wildman–Crippen MR) is 111 cm³/mol. The molecule has 2 amide bonds. The van der Waals surface area contributed by atoms with Crippen molar-refractivity contribution in [1.82, 2.24) is 9.97 Å². The van der Waals surface area contributed by atoms with Crippen LogP contribution in [0.4, 0.5) is 10.8 Å². The molecule has 138 valence electrons. The van der Waals surface area contributed by atoms with Gasteiger partial charge in [-0.1, -0.05) is 36.4 Å². The van der Waals surface area contributed by atoms with Crippen molar-refractivity contribution in [3.05, 3.63) is 83.5 Å². The number of carbonyl (C=O) groups excluding carboxylic acids is 2. The predicted octanol–water partition coefficient (Wildman–Crippen LogP) is 4.12. The zero-order valence-electron chi connectivity index (χ0n) is 14.8. The van der Waals surface area contributed by atoms with Crippen LogP contribution < -0.4 is 10.6 Å². The highest BCUT2D eigenvalue weighted by molar-refractivity contribution is 7.14. The third kappa shape index (κ3) is 4.05. The van der Waals surface area contributed by atoms with Crippen molar-refractivity contribution < 1.29 is 9.59 Å². The first-order valence-corrected chi connectivity index (χ1v) is 9.51. The Morgan fingerprint density at radius 3 is 2.61 bits per heavy atom. The highest BCUT2D eigenvalue weighted by Crippen LogP contribution is 2.21. The molecule has 2 aromatic carbocycles. The number of amides is 2. The van der Waals surface area contributed by atoms with Crippen molar-refractivity contribution in [3.8, 4) is 0 Å². The molecule has 0 atom stereocenters. The summed E-state index contributed by atoms with van der Waals surface area (Å²) < 4.78 is 0. The van der Waals surface area contributed by atoms with Gasteiger partial charge < -0.3 is 5.32 Å². The van der Waals surface area contributed by atoms with Crippen LogP contribution in [0.2, 0.25) is 0 Å². The molecule has 2 heterocycles. The molecule has 0 aliphatic rings. The highest BCUT2D eigenvalue weighted by atomic mass is 32.1. The molecule has 0 unspecified atom stereocenters. The van der Waals surface area contributed by atoms with Crippen LogP contribution in [0.25, 0.3) is 10.9 Å². The number of nitrogens with one attached hydrogen (secondary N) is 2. The molecule has 0 aliphatic carbocycles. The summed E-state index contributed by atoms with van der Waals surface area (Å²) in [6, 6.07) is 18.4. The van der Waals surface area contributed by atoms with Crippen LogP contribution in [0, 0.1) is 0 Å². The molecule has 0 bridgehead atoms. The largest absolute Gasteiger partial charge is 0.324 e. The number of benzene rings is 2. The average Bonchev–Trinajstić information content (AvgIpc) is 3.15. The second kappa shape index (κ2) is 7.98. The van der Waals surface area contributed by atoms with Gasteiger partial charge in [0.25, 0.3) is 5.91 Å². The molecule has 0 saturated heterocycles. The van der Waals surface area contributed by atoms with Crippen molar-refractivity contribution >= 4 is 44.9 Å². The van der Waals surface area contributed by atoms with E-state index in [1.54, 1.807) is 35.8 Å². The molecule has 7 heteroatoms. The average molecular weight is 388 g/mol. The normalized spacial score (nSPS) is 10.6. The minimum Gasteiger partial charge on any atom is -0.324 e. The fourth-order valence-corrected chi connectivity index (χ4v) is 3.47. The van der Waals surface area contributed by atoms with Gasteiger partial charge in [0.1, 0.15) is 0 Å². The van der Waals surface area contributed by atoms with E-state index in [1.165, 1.54) is 11.3 Å². The lowest BCUT2D eigenvalue weighted by Crippen LogP contribution is -2.15. The van der Waals surface area contributed by atoms with E-state index < -0.39 is 0 Å². The van der Waals surface area contributed by atoms with Gasteiger partial charge in [-0.05, 0) is 24.3 Å². The fraction of sp³-hybridized carbons (Fsp3) is 0.0476. The minimum atomic E-state index is -0.229. The van der Waals surface area contributed by atoms with E-state index in [1.807, 2.05) is 36.4 Å². The van der Waals surface area contributed by atoms with Crippen LogP contribution in [-0.2, 0) is 11.2 Å². The first-order valence-electron chi connectivity index (χ1n) is 8.63. The van der Waals surface area contributed by atoms with Crippen molar-refractivity contribution in [2.75, 3.05) is 10.6 Å². The lowest BCUT2D eigenvalue weighted by molar-refractivity contribution is -0.115. The van der Waals surface area contributed by atoms with E-state index >= 15 is 0 Å². The van der Waals surface area contributed by atoms with Crippen LogP contribution >= 0.6 is 11.3 Å². The van der Waals surface area contributed by atoms with Gasteiger partial charge in [-0.2, -0.15) is 0 Å². The standard InChI is InChI=1S/C21H16N4O2S/c26-18(24-17-10-4-8-14-9-5-11-22-19(14)17)12-16-13-28-21(23-16)25-20(27)15-6-2-1-3-7-15/h1-11,13H,12H2,(H,24,26)(H,23,25,27). The van der Waals surface area contributed by atoms with Crippen molar-refractivity contribution in [1.29, 1.82) is 0 Å². The molecule has 2 aromatic heterocycles. The summed E-state index contributed by atoms with van der Waals surface area (Å²) in [5.41, 5.74) is 2.56. The summed E-state index contributed by atoms with van der Waals surface area (Å²) in [5.74, 6) is -0.419. The Bertz CT molecular complexity index is 1140. The lowest BCUT2D eigenvalue weighted by atomic mass is 10.2. The molecule has 28 heavy (non-hydrogen) atoms. The number of rotatable bonds is 5. The quantitative estimate of drug-likeness (QED) is 0.539. The maximum atomic E-state index is 12.4. The van der Waals surface area contributed by atoms with E-state index in [2.05, 4.69) is 20.6 Å². The van der Waals surface area contributed by atoms with Gasteiger partial charge in [0.05, 0.1) is 23.3 Å². The summed E-state index contributed by atoms with van der Waals surface area (Å²) >= 11 is 1.29. The number of carbonyl (C=O) groups is 2. The zero-order valence-corrected chi connectivity index (χ0v) is 15.6. The number of hydrogen-bond donors (Lipinski definition) is 2. The maximum Gasteiger partial charge on any atom is 0.257 e. The molecular formula is C21H16N4O2S. The second-order valence-electron chi connectivity index (χ2n) is 6.07. The van der Waals surface area contributed by atoms with Crippen LogP contribution in [0.1, 0.15) is 16.1 Å². The first kappa shape index (κ1) is 17.8. The summed E-state index contributed by atoms with van der Waals surface area (Å²) in [7, 11) is 0. The summed E-state index contributed by atoms with van der Waals surface area (Å²) in [6.07, 6.45) is 1.81. The van der Waals surface area contributed by atoms with Gasteiger partial charge in [-0.25, -0.2) is 4.98 Å². The summed E-state index contributed by atoms with van der Waals surface area (Å²) in [5, 5.41) is 8.82. The molecule has 0 spiro atoms. The van der Waals surface area contributed by atoms with Gasteiger partial charge >= 0.3 is 0 Å². The molecule has 4 aromatic rings. The Balaban J connectivity index is 1.41. The van der Waals surface area contributed by atoms with Crippen LogP contribution in [0.3, 0.4) is 0 Å². The molecule has 4 rings (SSSR count). The van der Waals surface area contributed by atoms with Gasteiger partial charge in [0.15, 0.2) is 5.13 Å². The minimum absolute atomic E-state index is 0.112. The summed E-state index contributed by atoms with van der Waals surface area (Å²) in [6.45, 7) is 0. The Morgan fingerprint density at radius 2 is 1.75 bits per heavy atom. The molecule has 0 radical (unpaired) electrons. The topological polar surface area (TPSA) is 84.0 Å². The van der Waals surface area contributed by atoms with Gasteiger partial charge in [-0.3, -0.25) is 19.9 Å². The molecule has 0 saturated carbocycles. The fourth-order valence-electron chi connectivity index (χ4n) is 2.77. The third-order valence-electron chi connectivity index (χ3n) is 4.06. The monoisotopic (exact) mass is 388 g/mol. The molecule has 6 nitrogen and oxygen atoms in total. The Kier molecular flexibility index (Phi) is 5.07. The van der Waals surface area contributed by atoms with Crippen molar-refractivity contribution in [3.63, 3.8) is 0 Å². The number of fused-ring (bicyclic) bond motifs is 1. The van der Waals surface area contributed by atoms with Gasteiger partial charge in [-0.15, -0.1) is 11.3 Å². The number of pyridine rings is 1. The third-order valence-corrected chi connectivity index (χ3v) is 4.86. The summed E-state index contributed by atoms with van der Waals surface area (Å²) in [4.78, 5) is 33.3. The smallest absolute Gasteiger partial charge is 0.257 e. The number of aromatic nitrogens is 2. The Labute approximate surface area is 165 Å². The molecule has 0 fully saturated rings. The van der Waals surface area contributed by atoms with E-state index in [4.69, 9.17) is 0 Å². The molecule has 0 aliphatic heterocycles. The number of anilines is 2. The number of hydrogen-bond acceptors (Lipinski definition) is 5. The number of nitrogens with zero attached hydrogens (tertiary/aromatic N) is 2. The van der Waals surface area contributed by atoms with Crippen LogP contribution in [0.5, 0.6) is 0 Å². The molecule has 2 N–H and O–H groups in total. The SMILES string of the molecule is O=C(Cc1csc(NC(=O)c2ccccc2)n1)Nc1cccc2cccnc12. The number of thiazole rings is 1. The van der Waals surface area contributed by atoms with E-state index in [0.29, 0.717) is 22.1 Å². The van der Waals surface area contributed by atoms with E-state index in [-0.39, 0.29) is 18.2 Å². The molecular weight excluding hydrogens is 372 g/mol. The van der Waals surface area contributed by atoms with Gasteiger partial charge in [0, 0.05) is 22.5 Å². The van der Waals surface area contributed by atoms with Gasteiger partial charge in [0.2, 0.25) is 5.91 Å². The van der Waals surface area contributed by atoms with E-state index in [0.717, 1.165) is 10.9 Å². The lowest BCUT2D eigenvalue weighted by Gasteiger charge is -2.07. The second-order valence-corrected chi connectivity index (χ2v) is 6.93.